The van der Waals surface area contributed by atoms with Gasteiger partial charge < -0.3 is 9.15 Å². The quantitative estimate of drug-likeness (QED) is 0.171. The molecule has 36 heavy (non-hydrogen) atoms. The number of amides is 1. The summed E-state index contributed by atoms with van der Waals surface area (Å²) in [7, 11) is 0. The van der Waals surface area contributed by atoms with E-state index in [2.05, 4.69) is 0 Å². The molecule has 1 aliphatic heterocycles. The fourth-order valence-corrected chi connectivity index (χ4v) is 4.85. The van der Waals surface area contributed by atoms with Gasteiger partial charge in [-0.3, -0.25) is 14.5 Å². The Bertz CT molecular complexity index is 1490. The number of nitrogens with zero attached hydrogens (tertiary/aromatic N) is 1. The highest BCUT2D eigenvalue weighted by Gasteiger charge is 2.43. The highest BCUT2D eigenvalue weighted by molar-refractivity contribution is 7.98. The van der Waals surface area contributed by atoms with Crippen LogP contribution in [0.3, 0.4) is 0 Å². The lowest BCUT2D eigenvalue weighted by Gasteiger charge is -2.25. The van der Waals surface area contributed by atoms with E-state index >= 15 is 0 Å². The van der Waals surface area contributed by atoms with Gasteiger partial charge in [-0.25, -0.2) is 4.79 Å². The summed E-state index contributed by atoms with van der Waals surface area (Å²) in [5.74, 6) is -0.760. The number of carbonyl (C=O) groups is 2. The van der Waals surface area contributed by atoms with Gasteiger partial charge in [0.05, 0.1) is 29.2 Å². The first-order chi connectivity index (χ1) is 17.5. The summed E-state index contributed by atoms with van der Waals surface area (Å²) in [4.78, 5) is 42.3. The van der Waals surface area contributed by atoms with Crippen molar-refractivity contribution in [1.29, 1.82) is 0 Å². The first-order valence-corrected chi connectivity index (χ1v) is 13.1. The molecule has 0 saturated carbocycles. The summed E-state index contributed by atoms with van der Waals surface area (Å²) < 4.78 is 11.3. The largest absolute Gasteiger partial charge is 0.462 e. The molecule has 7 heteroatoms. The second-order valence-electron chi connectivity index (χ2n) is 8.56. The van der Waals surface area contributed by atoms with Gasteiger partial charge in [0.15, 0.2) is 5.43 Å². The number of hydrogen-bond acceptors (Lipinski definition) is 6. The summed E-state index contributed by atoms with van der Waals surface area (Å²) in [6.45, 7) is 2.40. The van der Waals surface area contributed by atoms with Gasteiger partial charge in [0, 0.05) is 10.6 Å². The number of thioether (sulfide) groups is 1. The normalized spacial score (nSPS) is 14.8. The molecule has 6 nitrogen and oxygen atoms in total. The third-order valence-electron chi connectivity index (χ3n) is 6.32. The van der Waals surface area contributed by atoms with E-state index < -0.39 is 17.9 Å². The van der Waals surface area contributed by atoms with Crippen LogP contribution >= 0.6 is 11.8 Å². The number of para-hydroxylation sites is 1. The average molecular weight is 500 g/mol. The van der Waals surface area contributed by atoms with Crippen molar-refractivity contribution in [2.75, 3.05) is 17.8 Å². The van der Waals surface area contributed by atoms with Gasteiger partial charge >= 0.3 is 5.97 Å². The minimum absolute atomic E-state index is 0.0423. The number of esters is 1. The lowest BCUT2D eigenvalue weighted by Crippen LogP contribution is -2.29. The minimum atomic E-state index is -0.661. The van der Waals surface area contributed by atoms with Gasteiger partial charge in [0.25, 0.3) is 5.91 Å². The van der Waals surface area contributed by atoms with E-state index in [1.165, 1.54) is 0 Å². The maximum atomic E-state index is 13.7. The lowest BCUT2D eigenvalue weighted by molar-refractivity contribution is 0.0499. The van der Waals surface area contributed by atoms with E-state index in [1.807, 2.05) is 37.4 Å². The van der Waals surface area contributed by atoms with Crippen molar-refractivity contribution in [2.45, 2.75) is 30.7 Å². The van der Waals surface area contributed by atoms with Crippen LogP contribution in [-0.2, 0) is 4.74 Å². The molecule has 0 radical (unpaired) electrons. The van der Waals surface area contributed by atoms with Crippen LogP contribution in [0.15, 0.2) is 86.9 Å². The number of rotatable bonds is 7. The zero-order valence-corrected chi connectivity index (χ0v) is 20.8. The fraction of sp³-hybridized carbons (Fsp3) is 0.207. The fourth-order valence-electron chi connectivity index (χ4n) is 4.44. The molecule has 182 valence electrons. The lowest BCUT2D eigenvalue weighted by atomic mass is 9.98. The van der Waals surface area contributed by atoms with Gasteiger partial charge in [-0.2, -0.15) is 0 Å². The summed E-state index contributed by atoms with van der Waals surface area (Å²) in [5, 5.41) is 0.432. The van der Waals surface area contributed by atoms with Crippen molar-refractivity contribution >= 4 is 40.3 Å². The predicted molar refractivity (Wildman–Crippen MR) is 141 cm³/mol. The van der Waals surface area contributed by atoms with E-state index in [0.29, 0.717) is 34.4 Å². The Labute approximate surface area is 212 Å². The molecule has 1 aromatic heterocycles. The van der Waals surface area contributed by atoms with E-state index in [0.717, 1.165) is 23.3 Å². The van der Waals surface area contributed by atoms with Gasteiger partial charge in [-0.1, -0.05) is 37.6 Å². The van der Waals surface area contributed by atoms with Crippen molar-refractivity contribution < 1.29 is 18.7 Å². The monoisotopic (exact) mass is 499 g/mol. The summed E-state index contributed by atoms with van der Waals surface area (Å²) in [5.41, 5.74) is 2.22. The van der Waals surface area contributed by atoms with Crippen molar-refractivity contribution in [1.82, 2.24) is 0 Å². The van der Waals surface area contributed by atoms with E-state index in [4.69, 9.17) is 9.15 Å². The zero-order chi connectivity index (χ0) is 25.2. The Hall–Kier alpha value is -3.84. The summed E-state index contributed by atoms with van der Waals surface area (Å²) >= 11 is 1.61. The molecule has 0 aliphatic carbocycles. The van der Waals surface area contributed by atoms with Gasteiger partial charge in [0.1, 0.15) is 5.58 Å². The van der Waals surface area contributed by atoms with Crippen LogP contribution in [0.4, 0.5) is 5.69 Å². The SMILES string of the molecule is CCCCOC(=O)c1ccc(N2C(=O)c3oc4ccccc4c(=O)c3C2c2ccc(SC)cc2)cc1. The molecule has 0 spiro atoms. The maximum absolute atomic E-state index is 13.7. The van der Waals surface area contributed by atoms with Crippen LogP contribution < -0.4 is 10.3 Å². The number of ether oxygens (including phenoxy) is 1. The zero-order valence-electron chi connectivity index (χ0n) is 20.0. The highest BCUT2D eigenvalue weighted by atomic mass is 32.2. The van der Waals surface area contributed by atoms with Crippen LogP contribution in [0.5, 0.6) is 0 Å². The standard InChI is InChI=1S/C29H25NO5S/c1-3-4-17-34-29(33)19-9-13-20(14-10-19)30-25(18-11-15-21(36-2)16-12-18)24-26(31)22-7-5-6-8-23(22)35-27(24)28(30)32/h5-16,25H,3-4,17H2,1-2H3. The molecule has 1 aliphatic rings. The van der Waals surface area contributed by atoms with Gasteiger partial charge in [-0.15, -0.1) is 11.8 Å². The molecule has 5 rings (SSSR count). The van der Waals surface area contributed by atoms with Crippen molar-refractivity contribution in [2.24, 2.45) is 0 Å². The molecule has 1 amide bonds. The number of hydrogen-bond donors (Lipinski definition) is 0. The van der Waals surface area contributed by atoms with Crippen molar-refractivity contribution in [3.05, 3.63) is 105 Å². The van der Waals surface area contributed by atoms with Gasteiger partial charge in [-0.05, 0) is 66.8 Å². The van der Waals surface area contributed by atoms with Crippen LogP contribution in [-0.4, -0.2) is 24.7 Å². The maximum Gasteiger partial charge on any atom is 0.338 e. The summed E-state index contributed by atoms with van der Waals surface area (Å²) in [6.07, 6.45) is 3.73. The average Bonchev–Trinajstić information content (AvgIpc) is 3.21. The number of fused-ring (bicyclic) bond motifs is 2. The van der Waals surface area contributed by atoms with Crippen LogP contribution in [0.2, 0.25) is 0 Å². The molecule has 1 unspecified atom stereocenters. The van der Waals surface area contributed by atoms with Gasteiger partial charge in [0.2, 0.25) is 5.76 Å². The predicted octanol–water partition coefficient (Wildman–Crippen LogP) is 6.22. The Balaban J connectivity index is 1.60. The molecule has 2 heterocycles. The van der Waals surface area contributed by atoms with E-state index in [9.17, 15) is 14.4 Å². The van der Waals surface area contributed by atoms with E-state index in [-0.39, 0.29) is 11.2 Å². The molecule has 4 aromatic rings. The molecule has 0 bridgehead atoms. The molecule has 0 fully saturated rings. The molecule has 0 N–H and O–H groups in total. The van der Waals surface area contributed by atoms with Crippen LogP contribution in [0, 0.1) is 0 Å². The molecule has 1 atom stereocenters. The molecular weight excluding hydrogens is 474 g/mol. The number of anilines is 1. The van der Waals surface area contributed by atoms with Crippen molar-refractivity contribution in [3.8, 4) is 0 Å². The topological polar surface area (TPSA) is 76.8 Å². The second kappa shape index (κ2) is 10.0. The summed E-state index contributed by atoms with van der Waals surface area (Å²) in [6, 6.07) is 20.8. The Morgan fingerprint density at radius 1 is 1.00 bits per heavy atom. The molecule has 0 saturated heterocycles. The van der Waals surface area contributed by atoms with Crippen molar-refractivity contribution in [3.63, 3.8) is 0 Å². The molecule has 3 aromatic carbocycles. The Kier molecular flexibility index (Phi) is 6.65. The first-order valence-electron chi connectivity index (χ1n) is 11.8. The number of unbranched alkanes of at least 4 members (excludes halogenated alkanes) is 1. The highest BCUT2D eigenvalue weighted by Crippen LogP contribution is 2.41. The molecular formula is C29H25NO5S. The van der Waals surface area contributed by atoms with Crippen LogP contribution in [0.25, 0.3) is 11.0 Å². The third kappa shape index (κ3) is 4.20. The van der Waals surface area contributed by atoms with Crippen LogP contribution in [0.1, 0.15) is 57.8 Å². The minimum Gasteiger partial charge on any atom is -0.462 e. The Morgan fingerprint density at radius 2 is 1.72 bits per heavy atom. The second-order valence-corrected chi connectivity index (χ2v) is 9.44. The van der Waals surface area contributed by atoms with E-state index in [1.54, 1.807) is 65.2 Å². The number of benzene rings is 3. The number of carbonyl (C=O) groups excluding carboxylic acids is 2. The third-order valence-corrected chi connectivity index (χ3v) is 7.06. The Morgan fingerprint density at radius 3 is 2.42 bits per heavy atom. The first kappa shape index (κ1) is 23.9. The smallest absolute Gasteiger partial charge is 0.338 e.